The predicted molar refractivity (Wildman–Crippen MR) is 89.8 cm³/mol. The van der Waals surface area contributed by atoms with Crippen LogP contribution in [0.25, 0.3) is 11.5 Å². The maximum Gasteiger partial charge on any atom is 0.270 e. The number of anilines is 1. The minimum atomic E-state index is -0.212. The van der Waals surface area contributed by atoms with Crippen LogP contribution in [0.4, 0.5) is 5.95 Å². The zero-order valence-electron chi connectivity index (χ0n) is 13.4. The van der Waals surface area contributed by atoms with Gasteiger partial charge in [-0.25, -0.2) is 0 Å². The SMILES string of the molecule is COc1ccc(CC(=O)Nc2noc(-c3ccc(C)cc3)n2)cc1. The summed E-state index contributed by atoms with van der Waals surface area (Å²) in [4.78, 5) is 16.3. The fourth-order valence-corrected chi connectivity index (χ4v) is 2.19. The normalized spacial score (nSPS) is 10.4. The van der Waals surface area contributed by atoms with Crippen LogP contribution in [-0.2, 0) is 11.2 Å². The molecule has 0 spiro atoms. The summed E-state index contributed by atoms with van der Waals surface area (Å²) in [5, 5.41) is 6.42. The number of methoxy groups -OCH3 is 1. The lowest BCUT2D eigenvalue weighted by molar-refractivity contribution is -0.115. The third-order valence-electron chi connectivity index (χ3n) is 3.50. The average Bonchev–Trinajstić information content (AvgIpc) is 3.04. The molecular formula is C18H17N3O3. The van der Waals surface area contributed by atoms with Crippen LogP contribution in [0.3, 0.4) is 0 Å². The number of aryl methyl sites for hydroxylation is 1. The molecule has 0 radical (unpaired) electrons. The highest BCUT2D eigenvalue weighted by molar-refractivity contribution is 5.90. The fourth-order valence-electron chi connectivity index (χ4n) is 2.19. The number of nitrogens with zero attached hydrogens (tertiary/aromatic N) is 2. The summed E-state index contributed by atoms with van der Waals surface area (Å²) in [7, 11) is 1.60. The lowest BCUT2D eigenvalue weighted by atomic mass is 10.1. The molecule has 0 atom stereocenters. The zero-order chi connectivity index (χ0) is 16.9. The van der Waals surface area contributed by atoms with Crippen LogP contribution in [-0.4, -0.2) is 23.2 Å². The Labute approximate surface area is 139 Å². The molecule has 0 bridgehead atoms. The van der Waals surface area contributed by atoms with Crippen molar-refractivity contribution in [1.29, 1.82) is 0 Å². The van der Waals surface area contributed by atoms with Gasteiger partial charge in [0.05, 0.1) is 13.5 Å². The lowest BCUT2D eigenvalue weighted by Crippen LogP contribution is -2.15. The number of hydrogen-bond acceptors (Lipinski definition) is 5. The summed E-state index contributed by atoms with van der Waals surface area (Å²) < 4.78 is 10.3. The van der Waals surface area contributed by atoms with Crippen LogP contribution in [0, 0.1) is 6.92 Å². The van der Waals surface area contributed by atoms with Crippen molar-refractivity contribution in [1.82, 2.24) is 10.1 Å². The first kappa shape index (κ1) is 15.7. The van der Waals surface area contributed by atoms with Crippen molar-refractivity contribution >= 4 is 11.9 Å². The number of ether oxygens (including phenoxy) is 1. The molecule has 0 aliphatic carbocycles. The number of benzene rings is 2. The average molecular weight is 323 g/mol. The Morgan fingerprint density at radius 3 is 2.50 bits per heavy atom. The molecule has 6 nitrogen and oxygen atoms in total. The quantitative estimate of drug-likeness (QED) is 0.780. The summed E-state index contributed by atoms with van der Waals surface area (Å²) in [6.07, 6.45) is 0.221. The van der Waals surface area contributed by atoms with Gasteiger partial charge in [0.25, 0.3) is 11.8 Å². The maximum absolute atomic E-state index is 12.1. The molecule has 3 aromatic rings. The molecule has 1 aromatic heterocycles. The van der Waals surface area contributed by atoms with E-state index >= 15 is 0 Å². The highest BCUT2D eigenvalue weighted by Gasteiger charge is 2.11. The Morgan fingerprint density at radius 1 is 1.12 bits per heavy atom. The van der Waals surface area contributed by atoms with Gasteiger partial charge < -0.3 is 9.26 Å². The molecule has 1 N–H and O–H groups in total. The standard InChI is InChI=1S/C18H17N3O3/c1-12-3-7-14(8-4-12)17-20-18(21-24-17)19-16(22)11-13-5-9-15(23-2)10-6-13/h3-10H,11H2,1-2H3,(H,19,21,22). The summed E-state index contributed by atoms with van der Waals surface area (Å²) in [6.45, 7) is 2.00. The van der Waals surface area contributed by atoms with E-state index in [0.29, 0.717) is 5.89 Å². The largest absolute Gasteiger partial charge is 0.497 e. The Balaban J connectivity index is 1.63. The molecule has 122 valence electrons. The molecule has 0 aliphatic heterocycles. The molecule has 2 aromatic carbocycles. The summed E-state index contributed by atoms with van der Waals surface area (Å²) in [6, 6.07) is 15.0. The zero-order valence-corrected chi connectivity index (χ0v) is 13.4. The number of aromatic nitrogens is 2. The van der Waals surface area contributed by atoms with E-state index in [9.17, 15) is 4.79 Å². The molecule has 24 heavy (non-hydrogen) atoms. The van der Waals surface area contributed by atoms with Crippen molar-refractivity contribution in [2.45, 2.75) is 13.3 Å². The van der Waals surface area contributed by atoms with E-state index in [-0.39, 0.29) is 18.3 Å². The minimum Gasteiger partial charge on any atom is -0.497 e. The van der Waals surface area contributed by atoms with Gasteiger partial charge in [-0.15, -0.1) is 0 Å². The van der Waals surface area contributed by atoms with E-state index in [0.717, 1.165) is 22.4 Å². The lowest BCUT2D eigenvalue weighted by Gasteiger charge is -2.03. The van der Waals surface area contributed by atoms with Crippen molar-refractivity contribution in [3.63, 3.8) is 0 Å². The number of rotatable bonds is 5. The van der Waals surface area contributed by atoms with Gasteiger partial charge in [0.1, 0.15) is 5.75 Å². The van der Waals surface area contributed by atoms with E-state index in [2.05, 4.69) is 15.5 Å². The second kappa shape index (κ2) is 6.95. The first-order valence-corrected chi connectivity index (χ1v) is 7.47. The second-order valence-corrected chi connectivity index (χ2v) is 5.36. The van der Waals surface area contributed by atoms with E-state index in [4.69, 9.17) is 9.26 Å². The summed E-state index contributed by atoms with van der Waals surface area (Å²) >= 11 is 0. The van der Waals surface area contributed by atoms with Crippen molar-refractivity contribution < 1.29 is 14.1 Å². The summed E-state index contributed by atoms with van der Waals surface area (Å²) in [5.74, 6) is 1.07. The second-order valence-electron chi connectivity index (χ2n) is 5.36. The molecule has 0 aliphatic rings. The predicted octanol–water partition coefficient (Wildman–Crippen LogP) is 3.23. The number of carbonyl (C=O) groups is 1. The summed E-state index contributed by atoms with van der Waals surface area (Å²) in [5.41, 5.74) is 2.82. The fraction of sp³-hybridized carbons (Fsp3) is 0.167. The highest BCUT2D eigenvalue weighted by Crippen LogP contribution is 2.19. The first-order valence-electron chi connectivity index (χ1n) is 7.47. The van der Waals surface area contributed by atoms with Gasteiger partial charge in [-0.3, -0.25) is 10.1 Å². The Bertz CT molecular complexity index is 823. The van der Waals surface area contributed by atoms with Crippen LogP contribution in [0.1, 0.15) is 11.1 Å². The third kappa shape index (κ3) is 3.78. The molecule has 0 fully saturated rings. The molecule has 0 saturated carbocycles. The van der Waals surface area contributed by atoms with Gasteiger partial charge in [0, 0.05) is 5.56 Å². The third-order valence-corrected chi connectivity index (χ3v) is 3.50. The number of nitrogens with one attached hydrogen (secondary N) is 1. The van der Waals surface area contributed by atoms with Gasteiger partial charge in [-0.1, -0.05) is 29.8 Å². The number of hydrogen-bond donors (Lipinski definition) is 1. The van der Waals surface area contributed by atoms with Gasteiger partial charge >= 0.3 is 0 Å². The van der Waals surface area contributed by atoms with Gasteiger partial charge in [0.2, 0.25) is 5.91 Å². The van der Waals surface area contributed by atoms with Crippen molar-refractivity contribution in [3.8, 4) is 17.2 Å². The van der Waals surface area contributed by atoms with Crippen LogP contribution in [0.2, 0.25) is 0 Å². The minimum absolute atomic E-state index is 0.157. The molecule has 3 rings (SSSR count). The highest BCUT2D eigenvalue weighted by atomic mass is 16.5. The van der Waals surface area contributed by atoms with Gasteiger partial charge in [0.15, 0.2) is 0 Å². The van der Waals surface area contributed by atoms with E-state index in [1.54, 1.807) is 7.11 Å². The molecule has 6 heteroatoms. The Kier molecular flexibility index (Phi) is 4.56. The van der Waals surface area contributed by atoms with Crippen LogP contribution in [0.5, 0.6) is 5.75 Å². The van der Waals surface area contributed by atoms with Gasteiger partial charge in [-0.05, 0) is 41.9 Å². The molecule has 1 heterocycles. The number of amides is 1. The monoisotopic (exact) mass is 323 g/mol. The van der Waals surface area contributed by atoms with Crippen LogP contribution >= 0.6 is 0 Å². The molecular weight excluding hydrogens is 306 g/mol. The van der Waals surface area contributed by atoms with E-state index in [1.807, 2.05) is 55.5 Å². The van der Waals surface area contributed by atoms with Crippen molar-refractivity contribution in [3.05, 3.63) is 59.7 Å². The smallest absolute Gasteiger partial charge is 0.270 e. The molecule has 0 saturated heterocycles. The molecule has 0 unspecified atom stereocenters. The van der Waals surface area contributed by atoms with E-state index in [1.165, 1.54) is 0 Å². The Hall–Kier alpha value is -3.15. The molecule has 1 amide bonds. The van der Waals surface area contributed by atoms with Crippen molar-refractivity contribution in [2.24, 2.45) is 0 Å². The number of carbonyl (C=O) groups excluding carboxylic acids is 1. The van der Waals surface area contributed by atoms with Crippen LogP contribution in [0.15, 0.2) is 53.1 Å². The maximum atomic E-state index is 12.1. The Morgan fingerprint density at radius 2 is 1.83 bits per heavy atom. The van der Waals surface area contributed by atoms with Gasteiger partial charge in [-0.2, -0.15) is 4.98 Å². The first-order chi connectivity index (χ1) is 11.6. The van der Waals surface area contributed by atoms with Crippen molar-refractivity contribution in [2.75, 3.05) is 12.4 Å². The van der Waals surface area contributed by atoms with E-state index < -0.39 is 0 Å². The van der Waals surface area contributed by atoms with Crippen LogP contribution < -0.4 is 10.1 Å². The topological polar surface area (TPSA) is 77.2 Å².